The van der Waals surface area contributed by atoms with Crippen molar-refractivity contribution in [3.05, 3.63) is 64.7 Å². The molecular formula is C19H21ClN2O. The van der Waals surface area contributed by atoms with E-state index in [2.05, 4.69) is 0 Å². The van der Waals surface area contributed by atoms with Gasteiger partial charge in [-0.3, -0.25) is 4.79 Å². The number of hydrogen-bond donors (Lipinski definition) is 1. The molecule has 0 radical (unpaired) electrons. The largest absolute Gasteiger partial charge is 0.399 e. The van der Waals surface area contributed by atoms with Crippen LogP contribution in [-0.2, 0) is 17.8 Å². The second-order valence-corrected chi connectivity index (χ2v) is 6.51. The van der Waals surface area contributed by atoms with E-state index in [1.54, 1.807) is 0 Å². The Kier molecular flexibility index (Phi) is 4.87. The first-order valence-electron chi connectivity index (χ1n) is 8.01. The van der Waals surface area contributed by atoms with Crippen molar-refractivity contribution in [1.82, 2.24) is 4.90 Å². The Morgan fingerprint density at radius 1 is 1.13 bits per heavy atom. The van der Waals surface area contributed by atoms with Gasteiger partial charge in [-0.1, -0.05) is 41.9 Å². The molecule has 1 aliphatic carbocycles. The molecule has 1 amide bonds. The number of nitrogens with two attached hydrogens (primary N) is 1. The average Bonchev–Trinajstić information content (AvgIpc) is 3.38. The molecule has 2 aromatic rings. The molecule has 23 heavy (non-hydrogen) atoms. The molecule has 0 aromatic heterocycles. The Labute approximate surface area is 142 Å². The van der Waals surface area contributed by atoms with E-state index in [-0.39, 0.29) is 5.91 Å². The lowest BCUT2D eigenvalue weighted by atomic mass is 10.1. The number of nitrogens with zero attached hydrogens (tertiary/aromatic N) is 1. The highest BCUT2D eigenvalue weighted by Gasteiger charge is 2.32. The predicted octanol–water partition coefficient (Wildman–Crippen LogP) is 4.05. The van der Waals surface area contributed by atoms with Gasteiger partial charge in [0.25, 0.3) is 0 Å². The van der Waals surface area contributed by atoms with Crippen LogP contribution in [0.15, 0.2) is 48.5 Å². The summed E-state index contributed by atoms with van der Waals surface area (Å²) in [5.41, 5.74) is 8.88. The van der Waals surface area contributed by atoms with E-state index in [0.29, 0.717) is 25.4 Å². The normalized spacial score (nSPS) is 13.8. The summed E-state index contributed by atoms with van der Waals surface area (Å²) >= 11 is 5.93. The van der Waals surface area contributed by atoms with Crippen LogP contribution in [0.4, 0.5) is 5.69 Å². The van der Waals surface area contributed by atoms with Gasteiger partial charge in [-0.05, 0) is 48.6 Å². The van der Waals surface area contributed by atoms with Gasteiger partial charge in [-0.2, -0.15) is 0 Å². The van der Waals surface area contributed by atoms with Crippen molar-refractivity contribution in [2.75, 3.05) is 5.73 Å². The fourth-order valence-electron chi connectivity index (χ4n) is 2.74. The molecule has 2 aromatic carbocycles. The third-order valence-corrected chi connectivity index (χ3v) is 4.49. The topological polar surface area (TPSA) is 46.3 Å². The lowest BCUT2D eigenvalue weighted by Gasteiger charge is -2.23. The maximum atomic E-state index is 12.6. The van der Waals surface area contributed by atoms with Crippen molar-refractivity contribution < 1.29 is 4.79 Å². The molecule has 0 saturated heterocycles. The van der Waals surface area contributed by atoms with E-state index < -0.39 is 0 Å². The van der Waals surface area contributed by atoms with Gasteiger partial charge in [0.15, 0.2) is 0 Å². The molecule has 120 valence electrons. The summed E-state index contributed by atoms with van der Waals surface area (Å²) in [7, 11) is 0. The van der Waals surface area contributed by atoms with Crippen molar-refractivity contribution >= 4 is 23.2 Å². The van der Waals surface area contributed by atoms with Crippen LogP contribution >= 0.6 is 11.6 Å². The monoisotopic (exact) mass is 328 g/mol. The van der Waals surface area contributed by atoms with Gasteiger partial charge < -0.3 is 10.6 Å². The number of carbonyl (C=O) groups is 1. The molecule has 0 atom stereocenters. The highest BCUT2D eigenvalue weighted by atomic mass is 35.5. The quantitative estimate of drug-likeness (QED) is 0.813. The first kappa shape index (κ1) is 15.9. The number of rotatable bonds is 6. The zero-order valence-electron chi connectivity index (χ0n) is 13.0. The summed E-state index contributed by atoms with van der Waals surface area (Å²) in [6.07, 6.45) is 3.40. The zero-order chi connectivity index (χ0) is 16.2. The van der Waals surface area contributed by atoms with E-state index in [1.165, 1.54) is 0 Å². The molecule has 4 heteroatoms. The summed E-state index contributed by atoms with van der Waals surface area (Å²) in [6.45, 7) is 0.658. The van der Waals surface area contributed by atoms with Crippen LogP contribution in [0.5, 0.6) is 0 Å². The summed E-state index contributed by atoms with van der Waals surface area (Å²) in [4.78, 5) is 14.6. The van der Waals surface area contributed by atoms with Crippen molar-refractivity contribution in [2.24, 2.45) is 0 Å². The predicted molar refractivity (Wildman–Crippen MR) is 94.2 cm³/mol. The number of amides is 1. The summed E-state index contributed by atoms with van der Waals surface area (Å²) in [5.74, 6) is 0.200. The Morgan fingerprint density at radius 2 is 1.83 bits per heavy atom. The second-order valence-electron chi connectivity index (χ2n) is 6.08. The molecule has 0 bridgehead atoms. The first-order valence-corrected chi connectivity index (χ1v) is 8.38. The van der Waals surface area contributed by atoms with Crippen LogP contribution in [0, 0.1) is 0 Å². The Morgan fingerprint density at radius 3 is 2.48 bits per heavy atom. The van der Waals surface area contributed by atoms with Crippen LogP contribution in [0.2, 0.25) is 5.02 Å². The standard InChI is InChI=1S/C19H21ClN2O/c20-16-8-5-14(6-9-16)13-22(17-10-11-17)19(23)12-7-15-3-1-2-4-18(15)21/h1-6,8-9,17H,7,10-13,21H2. The highest BCUT2D eigenvalue weighted by molar-refractivity contribution is 6.30. The van der Waals surface area contributed by atoms with E-state index in [9.17, 15) is 4.79 Å². The fourth-order valence-corrected chi connectivity index (χ4v) is 2.87. The van der Waals surface area contributed by atoms with Crippen LogP contribution in [0.3, 0.4) is 0 Å². The molecule has 2 N–H and O–H groups in total. The maximum Gasteiger partial charge on any atom is 0.223 e. The molecule has 0 unspecified atom stereocenters. The van der Waals surface area contributed by atoms with Crippen LogP contribution in [-0.4, -0.2) is 16.8 Å². The average molecular weight is 329 g/mol. The van der Waals surface area contributed by atoms with Crippen molar-refractivity contribution in [2.45, 2.75) is 38.3 Å². The number of hydrogen-bond acceptors (Lipinski definition) is 2. The van der Waals surface area contributed by atoms with Crippen molar-refractivity contribution in [3.63, 3.8) is 0 Å². The number of para-hydroxylation sites is 1. The number of benzene rings is 2. The summed E-state index contributed by atoms with van der Waals surface area (Å²) in [5, 5.41) is 0.720. The third-order valence-electron chi connectivity index (χ3n) is 4.24. The number of nitrogen functional groups attached to an aromatic ring is 1. The molecule has 1 saturated carbocycles. The number of halogens is 1. The zero-order valence-corrected chi connectivity index (χ0v) is 13.8. The third kappa shape index (κ3) is 4.26. The molecule has 3 rings (SSSR count). The van der Waals surface area contributed by atoms with Gasteiger partial charge in [0.2, 0.25) is 5.91 Å². The molecule has 0 heterocycles. The second kappa shape index (κ2) is 7.05. The minimum absolute atomic E-state index is 0.200. The summed E-state index contributed by atoms with van der Waals surface area (Å²) < 4.78 is 0. The summed E-state index contributed by atoms with van der Waals surface area (Å²) in [6, 6.07) is 15.9. The van der Waals surface area contributed by atoms with Crippen LogP contribution in [0.1, 0.15) is 30.4 Å². The SMILES string of the molecule is Nc1ccccc1CCC(=O)N(Cc1ccc(Cl)cc1)C1CC1. The van der Waals surface area contributed by atoms with Crippen LogP contribution < -0.4 is 5.73 Å². The maximum absolute atomic E-state index is 12.6. The van der Waals surface area contributed by atoms with E-state index in [1.807, 2.05) is 53.4 Å². The highest BCUT2D eigenvalue weighted by Crippen LogP contribution is 2.29. The Bertz CT molecular complexity index is 680. The molecule has 1 aliphatic rings. The lowest BCUT2D eigenvalue weighted by molar-refractivity contribution is -0.132. The molecule has 0 aliphatic heterocycles. The van der Waals surface area contributed by atoms with Gasteiger partial charge in [0, 0.05) is 29.7 Å². The van der Waals surface area contributed by atoms with Crippen LogP contribution in [0.25, 0.3) is 0 Å². The molecule has 1 fully saturated rings. The molecule has 0 spiro atoms. The Hall–Kier alpha value is -2.00. The number of anilines is 1. The number of carbonyl (C=O) groups excluding carboxylic acids is 1. The van der Waals surface area contributed by atoms with Crippen molar-refractivity contribution in [3.8, 4) is 0 Å². The fraction of sp³-hybridized carbons (Fsp3) is 0.316. The van der Waals surface area contributed by atoms with Gasteiger partial charge in [0.1, 0.15) is 0 Å². The minimum Gasteiger partial charge on any atom is -0.399 e. The van der Waals surface area contributed by atoms with Gasteiger partial charge >= 0.3 is 0 Å². The van der Waals surface area contributed by atoms with E-state index >= 15 is 0 Å². The van der Waals surface area contributed by atoms with Gasteiger partial charge in [0.05, 0.1) is 0 Å². The minimum atomic E-state index is 0.200. The smallest absolute Gasteiger partial charge is 0.223 e. The van der Waals surface area contributed by atoms with E-state index in [4.69, 9.17) is 17.3 Å². The van der Waals surface area contributed by atoms with Gasteiger partial charge in [-0.15, -0.1) is 0 Å². The first-order chi connectivity index (χ1) is 11.1. The van der Waals surface area contributed by atoms with Crippen molar-refractivity contribution in [1.29, 1.82) is 0 Å². The lowest BCUT2D eigenvalue weighted by Crippen LogP contribution is -2.32. The van der Waals surface area contributed by atoms with E-state index in [0.717, 1.165) is 34.7 Å². The molecular weight excluding hydrogens is 308 g/mol. The number of aryl methyl sites for hydroxylation is 1. The molecule has 3 nitrogen and oxygen atoms in total. The Balaban J connectivity index is 1.63. The van der Waals surface area contributed by atoms with Gasteiger partial charge in [-0.25, -0.2) is 0 Å².